The molecule has 2 rings (SSSR count). The fraction of sp³-hybridized carbons (Fsp3) is 0.917. The average molecular weight is 225 g/mol. The lowest BCUT2D eigenvalue weighted by atomic mass is 10.00. The molecule has 2 aliphatic rings. The summed E-state index contributed by atoms with van der Waals surface area (Å²) in [7, 11) is 2.15. The minimum atomic E-state index is 0.248. The minimum Gasteiger partial charge on any atom is -0.338 e. The van der Waals surface area contributed by atoms with Crippen LogP contribution in [-0.4, -0.2) is 61.5 Å². The van der Waals surface area contributed by atoms with Crippen LogP contribution >= 0.6 is 0 Å². The molecule has 1 atom stereocenters. The molecule has 1 unspecified atom stereocenters. The van der Waals surface area contributed by atoms with Crippen molar-refractivity contribution in [1.82, 2.24) is 15.1 Å². The molecular formula is C12H23N3O. The number of hydrogen-bond acceptors (Lipinski definition) is 3. The van der Waals surface area contributed by atoms with Gasteiger partial charge in [0.05, 0.1) is 5.92 Å². The van der Waals surface area contributed by atoms with Crippen LogP contribution in [0.1, 0.15) is 19.8 Å². The lowest BCUT2D eigenvalue weighted by Gasteiger charge is -2.36. The van der Waals surface area contributed by atoms with E-state index in [-0.39, 0.29) is 5.92 Å². The number of nitrogens with zero attached hydrogens (tertiary/aromatic N) is 2. The standard InChI is InChI=1S/C12H23N3O/c1-3-11-9-14(2)5-4-6-15(11)12(16)10-7-13-8-10/h10-11,13H,3-9H2,1-2H3. The molecule has 0 bridgehead atoms. The molecule has 16 heavy (non-hydrogen) atoms. The van der Waals surface area contributed by atoms with Gasteiger partial charge < -0.3 is 15.1 Å². The molecule has 1 N–H and O–H groups in total. The number of carbonyl (C=O) groups excluding carboxylic acids is 1. The quantitative estimate of drug-likeness (QED) is 0.726. The third-order valence-corrected chi connectivity index (χ3v) is 3.79. The predicted octanol–water partition coefficient (Wildman–Crippen LogP) is 0.149. The van der Waals surface area contributed by atoms with E-state index in [1.54, 1.807) is 0 Å². The Bertz CT molecular complexity index is 253. The highest BCUT2D eigenvalue weighted by Gasteiger charge is 2.33. The summed E-state index contributed by atoms with van der Waals surface area (Å²) in [6, 6.07) is 0.417. The topological polar surface area (TPSA) is 35.6 Å². The van der Waals surface area contributed by atoms with Gasteiger partial charge in [-0.1, -0.05) is 6.92 Å². The van der Waals surface area contributed by atoms with Crippen LogP contribution in [0.4, 0.5) is 0 Å². The molecule has 2 heterocycles. The molecule has 2 fully saturated rings. The van der Waals surface area contributed by atoms with Crippen molar-refractivity contribution >= 4 is 5.91 Å². The van der Waals surface area contributed by atoms with Crippen molar-refractivity contribution in [1.29, 1.82) is 0 Å². The Kier molecular flexibility index (Phi) is 3.82. The van der Waals surface area contributed by atoms with Gasteiger partial charge in [0, 0.05) is 32.2 Å². The van der Waals surface area contributed by atoms with Crippen LogP contribution < -0.4 is 5.32 Å². The van der Waals surface area contributed by atoms with E-state index in [0.29, 0.717) is 11.9 Å². The summed E-state index contributed by atoms with van der Waals surface area (Å²) < 4.78 is 0. The molecule has 0 aromatic rings. The van der Waals surface area contributed by atoms with E-state index in [0.717, 1.165) is 45.6 Å². The highest BCUT2D eigenvalue weighted by atomic mass is 16.2. The second-order valence-corrected chi connectivity index (χ2v) is 5.06. The molecule has 92 valence electrons. The molecule has 0 aliphatic carbocycles. The number of nitrogens with one attached hydrogen (secondary N) is 1. The first kappa shape index (κ1) is 11.9. The highest BCUT2D eigenvalue weighted by Crippen LogP contribution is 2.17. The molecule has 0 aromatic carbocycles. The molecule has 1 amide bonds. The van der Waals surface area contributed by atoms with Crippen LogP contribution in [0.15, 0.2) is 0 Å². The Morgan fingerprint density at radius 1 is 1.38 bits per heavy atom. The molecule has 0 aromatic heterocycles. The van der Waals surface area contributed by atoms with Crippen molar-refractivity contribution in [2.75, 3.05) is 39.8 Å². The maximum Gasteiger partial charge on any atom is 0.228 e. The predicted molar refractivity (Wildman–Crippen MR) is 64.3 cm³/mol. The van der Waals surface area contributed by atoms with Crippen molar-refractivity contribution < 1.29 is 4.79 Å². The molecular weight excluding hydrogens is 202 g/mol. The maximum atomic E-state index is 12.3. The van der Waals surface area contributed by atoms with Gasteiger partial charge in [-0.3, -0.25) is 4.79 Å². The normalized spacial score (nSPS) is 28.6. The van der Waals surface area contributed by atoms with Gasteiger partial charge >= 0.3 is 0 Å². The highest BCUT2D eigenvalue weighted by molar-refractivity contribution is 5.80. The largest absolute Gasteiger partial charge is 0.338 e. The molecule has 4 nitrogen and oxygen atoms in total. The van der Waals surface area contributed by atoms with Gasteiger partial charge in [0.1, 0.15) is 0 Å². The summed E-state index contributed by atoms with van der Waals surface area (Å²) in [4.78, 5) is 16.8. The van der Waals surface area contributed by atoms with Crippen LogP contribution in [0.3, 0.4) is 0 Å². The van der Waals surface area contributed by atoms with Crippen LogP contribution in [-0.2, 0) is 4.79 Å². The smallest absolute Gasteiger partial charge is 0.228 e. The summed E-state index contributed by atoms with van der Waals surface area (Å²) in [6.45, 7) is 7.02. The first-order valence-corrected chi connectivity index (χ1v) is 6.42. The Morgan fingerprint density at radius 2 is 2.12 bits per heavy atom. The molecule has 4 heteroatoms. The number of carbonyl (C=O) groups is 1. The SMILES string of the molecule is CCC1CN(C)CCCN1C(=O)C1CNC1. The van der Waals surface area contributed by atoms with Crippen LogP contribution in [0.5, 0.6) is 0 Å². The van der Waals surface area contributed by atoms with E-state index in [9.17, 15) is 4.79 Å². The van der Waals surface area contributed by atoms with Gasteiger partial charge in [0.2, 0.25) is 5.91 Å². The van der Waals surface area contributed by atoms with Gasteiger partial charge in [0.15, 0.2) is 0 Å². The van der Waals surface area contributed by atoms with Crippen LogP contribution in [0.2, 0.25) is 0 Å². The van der Waals surface area contributed by atoms with E-state index in [1.807, 2.05) is 0 Å². The molecule has 2 saturated heterocycles. The fourth-order valence-electron chi connectivity index (χ4n) is 2.58. The summed E-state index contributed by atoms with van der Waals surface area (Å²) in [6.07, 6.45) is 2.18. The van der Waals surface area contributed by atoms with Crippen molar-refractivity contribution in [3.05, 3.63) is 0 Å². The zero-order valence-corrected chi connectivity index (χ0v) is 10.4. The fourth-order valence-corrected chi connectivity index (χ4v) is 2.58. The minimum absolute atomic E-state index is 0.248. The Morgan fingerprint density at radius 3 is 2.69 bits per heavy atom. The Labute approximate surface area is 98.0 Å². The van der Waals surface area contributed by atoms with E-state index < -0.39 is 0 Å². The maximum absolute atomic E-state index is 12.3. The van der Waals surface area contributed by atoms with Gasteiger partial charge in [-0.15, -0.1) is 0 Å². The van der Waals surface area contributed by atoms with Gasteiger partial charge in [-0.05, 0) is 26.4 Å². The van der Waals surface area contributed by atoms with Crippen molar-refractivity contribution in [3.63, 3.8) is 0 Å². The van der Waals surface area contributed by atoms with Crippen molar-refractivity contribution in [2.24, 2.45) is 5.92 Å². The molecule has 2 aliphatic heterocycles. The van der Waals surface area contributed by atoms with E-state index in [4.69, 9.17) is 0 Å². The summed E-state index contributed by atoms with van der Waals surface area (Å²) in [5.74, 6) is 0.623. The lowest BCUT2D eigenvalue weighted by Crippen LogP contribution is -2.55. The zero-order valence-electron chi connectivity index (χ0n) is 10.4. The molecule has 0 radical (unpaired) electrons. The Balaban J connectivity index is 2.01. The third-order valence-electron chi connectivity index (χ3n) is 3.79. The number of rotatable bonds is 2. The number of amides is 1. The number of hydrogen-bond donors (Lipinski definition) is 1. The summed E-state index contributed by atoms with van der Waals surface area (Å²) in [5.41, 5.74) is 0. The summed E-state index contributed by atoms with van der Waals surface area (Å²) >= 11 is 0. The first-order chi connectivity index (χ1) is 7.72. The second-order valence-electron chi connectivity index (χ2n) is 5.06. The summed E-state index contributed by atoms with van der Waals surface area (Å²) in [5, 5.41) is 3.18. The number of likely N-dealkylation sites (N-methyl/N-ethyl adjacent to an activating group) is 1. The van der Waals surface area contributed by atoms with Crippen LogP contribution in [0.25, 0.3) is 0 Å². The van der Waals surface area contributed by atoms with Crippen LogP contribution in [0, 0.1) is 5.92 Å². The van der Waals surface area contributed by atoms with E-state index in [2.05, 4.69) is 29.1 Å². The average Bonchev–Trinajstić information content (AvgIpc) is 2.36. The molecule has 0 saturated carbocycles. The van der Waals surface area contributed by atoms with Gasteiger partial charge in [-0.25, -0.2) is 0 Å². The molecule has 0 spiro atoms. The van der Waals surface area contributed by atoms with Crippen molar-refractivity contribution in [3.8, 4) is 0 Å². The monoisotopic (exact) mass is 225 g/mol. The van der Waals surface area contributed by atoms with Crippen molar-refractivity contribution in [2.45, 2.75) is 25.8 Å². The Hall–Kier alpha value is -0.610. The van der Waals surface area contributed by atoms with Gasteiger partial charge in [-0.2, -0.15) is 0 Å². The lowest BCUT2D eigenvalue weighted by molar-refractivity contribution is -0.139. The van der Waals surface area contributed by atoms with E-state index in [1.165, 1.54) is 0 Å². The second kappa shape index (κ2) is 5.15. The van der Waals surface area contributed by atoms with Gasteiger partial charge in [0.25, 0.3) is 0 Å². The third kappa shape index (κ3) is 2.38. The zero-order chi connectivity index (χ0) is 11.5. The van der Waals surface area contributed by atoms with E-state index >= 15 is 0 Å². The first-order valence-electron chi connectivity index (χ1n) is 6.42.